The van der Waals surface area contributed by atoms with Crippen LogP contribution >= 0.6 is 0 Å². The largest absolute Gasteiger partial charge is 0.346 e. The van der Waals surface area contributed by atoms with Gasteiger partial charge in [0.25, 0.3) is 5.91 Å². The third-order valence-electron chi connectivity index (χ3n) is 5.82. The molecule has 0 saturated heterocycles. The van der Waals surface area contributed by atoms with E-state index in [-0.39, 0.29) is 29.2 Å². The molecule has 5 aromatic heterocycles. The van der Waals surface area contributed by atoms with E-state index in [2.05, 4.69) is 40.5 Å². The first-order valence-electron chi connectivity index (χ1n) is 12.1. The van der Waals surface area contributed by atoms with Crippen molar-refractivity contribution in [2.45, 2.75) is 20.4 Å². The lowest BCUT2D eigenvalue weighted by Crippen LogP contribution is -2.25. The molecule has 0 aliphatic rings. The van der Waals surface area contributed by atoms with Crippen LogP contribution < -0.4 is 16.2 Å². The van der Waals surface area contributed by atoms with Crippen LogP contribution in [-0.2, 0) is 6.54 Å². The molecule has 5 rings (SSSR count). The van der Waals surface area contributed by atoms with Crippen LogP contribution in [-0.4, -0.2) is 35.8 Å². The topological polar surface area (TPSA) is 138 Å². The van der Waals surface area contributed by atoms with Crippen LogP contribution in [0.2, 0.25) is 0 Å². The van der Waals surface area contributed by atoms with Crippen LogP contribution in [0.4, 0.5) is 20.3 Å². The fourth-order valence-electron chi connectivity index (χ4n) is 3.88. The molecule has 0 fully saturated rings. The quantitative estimate of drug-likeness (QED) is 0.279. The Balaban J connectivity index is 1.27. The second kappa shape index (κ2) is 11.2. The number of carbonyl (C=O) groups is 1. The fourth-order valence-corrected chi connectivity index (χ4v) is 3.88. The minimum atomic E-state index is -0.841. The average molecular weight is 541 g/mol. The highest BCUT2D eigenvalue weighted by molar-refractivity contribution is 5.92. The first kappa shape index (κ1) is 26.2. The molecule has 0 bridgehead atoms. The highest BCUT2D eigenvalue weighted by Gasteiger charge is 2.16. The molecule has 5 aromatic rings. The molecular formula is C28H22F2N8O2. The molecule has 0 spiro atoms. The summed E-state index contributed by atoms with van der Waals surface area (Å²) in [5.74, 6) is -1.42. The number of halogens is 2. The van der Waals surface area contributed by atoms with Crippen molar-refractivity contribution in [3.05, 3.63) is 112 Å². The Morgan fingerprint density at radius 1 is 0.950 bits per heavy atom. The summed E-state index contributed by atoms with van der Waals surface area (Å²) in [5.41, 5.74) is 3.13. The Morgan fingerprint density at radius 3 is 2.55 bits per heavy atom. The van der Waals surface area contributed by atoms with Gasteiger partial charge in [0, 0.05) is 65.5 Å². The Labute approximate surface area is 226 Å². The molecule has 40 heavy (non-hydrogen) atoms. The number of anilines is 2. The summed E-state index contributed by atoms with van der Waals surface area (Å²) >= 11 is 0. The molecule has 200 valence electrons. The van der Waals surface area contributed by atoms with E-state index in [9.17, 15) is 18.4 Å². The van der Waals surface area contributed by atoms with Crippen LogP contribution in [0.15, 0.2) is 72.0 Å². The number of rotatable bonds is 7. The van der Waals surface area contributed by atoms with Crippen molar-refractivity contribution in [3.8, 4) is 22.6 Å². The smallest absolute Gasteiger partial charge is 0.273 e. The lowest BCUT2D eigenvalue weighted by Gasteiger charge is -2.10. The maximum Gasteiger partial charge on any atom is 0.273 e. The van der Waals surface area contributed by atoms with E-state index in [1.165, 1.54) is 24.5 Å². The Bertz CT molecular complexity index is 1770. The van der Waals surface area contributed by atoms with E-state index in [1.54, 1.807) is 44.3 Å². The third kappa shape index (κ3) is 6.01. The van der Waals surface area contributed by atoms with Gasteiger partial charge in [-0.2, -0.15) is 0 Å². The normalized spacial score (nSPS) is 10.8. The van der Waals surface area contributed by atoms with Crippen LogP contribution in [0, 0.1) is 25.5 Å². The fraction of sp³-hybridized carbons (Fsp3) is 0.107. The van der Waals surface area contributed by atoms with Gasteiger partial charge in [-0.15, -0.1) is 0 Å². The number of amides is 1. The summed E-state index contributed by atoms with van der Waals surface area (Å²) in [4.78, 5) is 47.8. The zero-order valence-electron chi connectivity index (χ0n) is 21.4. The number of pyridine rings is 4. The molecule has 5 heterocycles. The lowest BCUT2D eigenvalue weighted by atomic mass is 10.1. The van der Waals surface area contributed by atoms with E-state index in [0.717, 1.165) is 12.3 Å². The third-order valence-corrected chi connectivity index (χ3v) is 5.82. The minimum absolute atomic E-state index is 0.0771. The van der Waals surface area contributed by atoms with Gasteiger partial charge in [0.05, 0.1) is 11.9 Å². The van der Waals surface area contributed by atoms with Crippen LogP contribution in [0.25, 0.3) is 22.6 Å². The predicted octanol–water partition coefficient (Wildman–Crippen LogP) is 4.25. The Kier molecular flexibility index (Phi) is 7.31. The van der Waals surface area contributed by atoms with E-state index >= 15 is 0 Å². The number of nitrogens with one attached hydrogen (secondary N) is 3. The Morgan fingerprint density at radius 2 is 1.80 bits per heavy atom. The summed E-state index contributed by atoms with van der Waals surface area (Å²) in [5, 5.41) is 5.64. The second-order valence-electron chi connectivity index (χ2n) is 8.86. The highest BCUT2D eigenvalue weighted by atomic mass is 19.1. The SMILES string of the molecule is Cc1cc(Nc2cc[nH]c(=O)c2)nc(-c2cnc(C(=O)NCc3ccc(-c4cc(F)cnc4C)nc3)c(F)c2)n1. The van der Waals surface area contributed by atoms with Gasteiger partial charge >= 0.3 is 0 Å². The van der Waals surface area contributed by atoms with E-state index in [4.69, 9.17) is 0 Å². The number of aromatic amines is 1. The summed E-state index contributed by atoms with van der Waals surface area (Å²) in [6.07, 6.45) is 5.50. The van der Waals surface area contributed by atoms with Gasteiger partial charge in [0.15, 0.2) is 17.3 Å². The van der Waals surface area contributed by atoms with Gasteiger partial charge in [-0.25, -0.2) is 23.7 Å². The summed E-state index contributed by atoms with van der Waals surface area (Å²) < 4.78 is 28.5. The first-order valence-corrected chi connectivity index (χ1v) is 12.1. The molecule has 0 atom stereocenters. The summed E-state index contributed by atoms with van der Waals surface area (Å²) in [6, 6.07) is 10.6. The molecular weight excluding hydrogens is 518 g/mol. The molecule has 0 radical (unpaired) electrons. The molecule has 0 unspecified atom stereocenters. The second-order valence-corrected chi connectivity index (χ2v) is 8.86. The van der Waals surface area contributed by atoms with Gasteiger partial charge in [0.1, 0.15) is 11.6 Å². The summed E-state index contributed by atoms with van der Waals surface area (Å²) in [6.45, 7) is 3.58. The molecule has 3 N–H and O–H groups in total. The molecule has 0 aromatic carbocycles. The lowest BCUT2D eigenvalue weighted by molar-refractivity contribution is 0.0941. The number of aryl methyl sites for hydroxylation is 2. The minimum Gasteiger partial charge on any atom is -0.346 e. The monoisotopic (exact) mass is 540 g/mol. The van der Waals surface area contributed by atoms with Gasteiger partial charge in [-0.05, 0) is 43.7 Å². The van der Waals surface area contributed by atoms with Crippen molar-refractivity contribution < 1.29 is 13.6 Å². The molecule has 10 nitrogen and oxygen atoms in total. The number of aromatic nitrogens is 6. The van der Waals surface area contributed by atoms with Gasteiger partial charge < -0.3 is 15.6 Å². The van der Waals surface area contributed by atoms with Gasteiger partial charge in [0.2, 0.25) is 5.56 Å². The predicted molar refractivity (Wildman–Crippen MR) is 144 cm³/mol. The molecule has 12 heteroatoms. The van der Waals surface area contributed by atoms with Crippen LogP contribution in [0.5, 0.6) is 0 Å². The van der Waals surface area contributed by atoms with Crippen molar-refractivity contribution in [3.63, 3.8) is 0 Å². The van der Waals surface area contributed by atoms with Crippen molar-refractivity contribution in [1.82, 2.24) is 35.2 Å². The molecule has 0 aliphatic carbocycles. The maximum atomic E-state index is 14.9. The standard InChI is InChI=1S/C28H22F2N8O2/c1-15-7-24(37-20-5-6-31-25(39)10-20)38-27(36-15)18-8-22(30)26(34-13-18)28(40)35-12-17-3-4-23(33-11-17)21-9-19(29)14-32-16(21)2/h3-11,13-14H,12H2,1-2H3,(H,35,40)(H2,31,36,37,38,39). The number of hydrogen-bond donors (Lipinski definition) is 3. The zero-order valence-corrected chi connectivity index (χ0v) is 21.4. The van der Waals surface area contributed by atoms with E-state index in [1.807, 2.05) is 0 Å². The van der Waals surface area contributed by atoms with Gasteiger partial charge in [-0.3, -0.25) is 19.6 Å². The van der Waals surface area contributed by atoms with E-state index in [0.29, 0.717) is 39.7 Å². The first-order chi connectivity index (χ1) is 19.2. The summed E-state index contributed by atoms with van der Waals surface area (Å²) in [7, 11) is 0. The number of carbonyl (C=O) groups excluding carboxylic acids is 1. The highest BCUT2D eigenvalue weighted by Crippen LogP contribution is 2.22. The number of nitrogens with zero attached hydrogens (tertiary/aromatic N) is 5. The molecule has 1 amide bonds. The maximum absolute atomic E-state index is 14.9. The van der Waals surface area contributed by atoms with Crippen molar-refractivity contribution in [2.24, 2.45) is 0 Å². The van der Waals surface area contributed by atoms with Crippen molar-refractivity contribution >= 4 is 17.4 Å². The number of H-pyrrole nitrogens is 1. The molecule has 0 saturated carbocycles. The zero-order chi connectivity index (χ0) is 28.2. The average Bonchev–Trinajstić information content (AvgIpc) is 2.93. The Hall–Kier alpha value is -5.39. The van der Waals surface area contributed by atoms with Crippen molar-refractivity contribution in [1.29, 1.82) is 0 Å². The van der Waals surface area contributed by atoms with Crippen LogP contribution in [0.1, 0.15) is 27.4 Å². The van der Waals surface area contributed by atoms with E-state index < -0.39 is 17.5 Å². The van der Waals surface area contributed by atoms with Crippen molar-refractivity contribution in [2.75, 3.05) is 5.32 Å². The van der Waals surface area contributed by atoms with Gasteiger partial charge in [-0.1, -0.05) is 6.07 Å². The number of hydrogen-bond acceptors (Lipinski definition) is 8. The molecule has 0 aliphatic heterocycles. The van der Waals surface area contributed by atoms with Crippen LogP contribution in [0.3, 0.4) is 0 Å².